The maximum Gasteiger partial charge on any atom is 0.117 e. The molecule has 1 aromatic rings. The smallest absolute Gasteiger partial charge is 0.117 e. The summed E-state index contributed by atoms with van der Waals surface area (Å²) in [6.07, 6.45) is 4.87. The molecular formula is C12H17ClO2S. The minimum atomic E-state index is -0.954. The number of aliphatic hydroxyl groups excluding tert-OH is 1. The minimum Gasteiger partial charge on any atom is -0.387 e. The molecule has 0 radical (unpaired) electrons. The van der Waals surface area contributed by atoms with Crippen LogP contribution in [0.5, 0.6) is 0 Å². The normalized spacial score (nSPS) is 22.7. The van der Waals surface area contributed by atoms with Crippen molar-refractivity contribution in [3.63, 3.8) is 0 Å². The highest BCUT2D eigenvalue weighted by Crippen LogP contribution is 2.40. The van der Waals surface area contributed by atoms with Gasteiger partial charge >= 0.3 is 0 Å². The van der Waals surface area contributed by atoms with Gasteiger partial charge in [-0.25, -0.2) is 0 Å². The van der Waals surface area contributed by atoms with E-state index in [4.69, 9.17) is 11.6 Å². The summed E-state index contributed by atoms with van der Waals surface area (Å²) in [5, 5.41) is 20.7. The average Bonchev–Trinajstić information content (AvgIpc) is 2.56. The van der Waals surface area contributed by atoms with E-state index >= 15 is 0 Å². The number of hydrogen-bond donors (Lipinski definition) is 2. The van der Waals surface area contributed by atoms with Crippen LogP contribution in [0.1, 0.15) is 49.5 Å². The van der Waals surface area contributed by atoms with Crippen LogP contribution in [0.25, 0.3) is 0 Å². The van der Waals surface area contributed by atoms with Gasteiger partial charge < -0.3 is 10.2 Å². The first-order valence-electron chi connectivity index (χ1n) is 5.77. The molecule has 2 rings (SSSR count). The molecule has 1 aliphatic carbocycles. The van der Waals surface area contributed by atoms with Crippen molar-refractivity contribution < 1.29 is 10.2 Å². The van der Waals surface area contributed by atoms with Crippen LogP contribution in [0.4, 0.5) is 0 Å². The molecule has 90 valence electrons. The van der Waals surface area contributed by atoms with Gasteiger partial charge in [-0.05, 0) is 25.0 Å². The quantitative estimate of drug-likeness (QED) is 0.799. The van der Waals surface area contributed by atoms with Crippen LogP contribution in [0.2, 0.25) is 4.34 Å². The first-order valence-corrected chi connectivity index (χ1v) is 6.97. The van der Waals surface area contributed by atoms with E-state index in [0.29, 0.717) is 17.2 Å². The van der Waals surface area contributed by atoms with E-state index < -0.39 is 11.7 Å². The number of aliphatic hydroxyl groups is 2. The molecule has 2 nitrogen and oxygen atoms in total. The van der Waals surface area contributed by atoms with Crippen LogP contribution in [-0.2, 0) is 0 Å². The van der Waals surface area contributed by atoms with Crippen molar-refractivity contribution in [2.75, 3.05) is 0 Å². The highest BCUT2D eigenvalue weighted by molar-refractivity contribution is 7.16. The molecule has 1 fully saturated rings. The highest BCUT2D eigenvalue weighted by atomic mass is 35.5. The van der Waals surface area contributed by atoms with Crippen LogP contribution >= 0.6 is 22.9 Å². The Labute approximate surface area is 105 Å². The van der Waals surface area contributed by atoms with Crippen molar-refractivity contribution in [1.29, 1.82) is 0 Å². The third-order valence-corrected chi connectivity index (χ3v) is 4.63. The Balaban J connectivity index is 2.15. The lowest BCUT2D eigenvalue weighted by Gasteiger charge is -2.31. The molecule has 1 aliphatic rings. The lowest BCUT2D eigenvalue weighted by atomic mass is 9.87. The Morgan fingerprint density at radius 3 is 2.31 bits per heavy atom. The molecule has 1 aromatic heterocycles. The molecule has 0 bridgehead atoms. The second-order valence-electron chi connectivity index (χ2n) is 4.56. The summed E-state index contributed by atoms with van der Waals surface area (Å²) in [5.41, 5.74) is -0.954. The number of rotatable bonds is 2. The second-order valence-corrected chi connectivity index (χ2v) is 6.31. The van der Waals surface area contributed by atoms with Gasteiger partial charge in [0, 0.05) is 4.88 Å². The second kappa shape index (κ2) is 5.05. The van der Waals surface area contributed by atoms with Gasteiger partial charge in [-0.15, -0.1) is 11.3 Å². The Bertz CT molecular complexity index is 343. The summed E-state index contributed by atoms with van der Waals surface area (Å²) >= 11 is 7.20. The van der Waals surface area contributed by atoms with Crippen LogP contribution in [0.15, 0.2) is 12.1 Å². The molecule has 1 saturated carbocycles. The molecule has 4 heteroatoms. The van der Waals surface area contributed by atoms with Crippen molar-refractivity contribution in [3.05, 3.63) is 21.3 Å². The fourth-order valence-corrected chi connectivity index (χ4v) is 3.51. The SMILES string of the molecule is OC(c1ccc(Cl)s1)C1(O)CCCCCC1. The van der Waals surface area contributed by atoms with Crippen molar-refractivity contribution >= 4 is 22.9 Å². The molecule has 2 N–H and O–H groups in total. The first kappa shape index (κ1) is 12.4. The Morgan fingerprint density at radius 2 is 1.81 bits per heavy atom. The largest absolute Gasteiger partial charge is 0.387 e. The van der Waals surface area contributed by atoms with Gasteiger partial charge in [0.2, 0.25) is 0 Å². The molecule has 0 spiro atoms. The summed E-state index contributed by atoms with van der Waals surface area (Å²) in [5.74, 6) is 0. The van der Waals surface area contributed by atoms with Gasteiger partial charge in [-0.1, -0.05) is 37.3 Å². The predicted molar refractivity (Wildman–Crippen MR) is 66.9 cm³/mol. The standard InChI is InChI=1S/C12H17ClO2S/c13-10-6-5-9(16-10)11(14)12(15)7-3-1-2-4-8-12/h5-6,11,14-15H,1-4,7-8H2. The van der Waals surface area contributed by atoms with E-state index in [-0.39, 0.29) is 0 Å². The van der Waals surface area contributed by atoms with E-state index in [1.807, 2.05) is 0 Å². The number of hydrogen-bond acceptors (Lipinski definition) is 3. The van der Waals surface area contributed by atoms with Crippen LogP contribution < -0.4 is 0 Å². The lowest BCUT2D eigenvalue weighted by Crippen LogP contribution is -2.35. The van der Waals surface area contributed by atoms with Crippen molar-refractivity contribution in [2.24, 2.45) is 0 Å². The molecular weight excluding hydrogens is 244 g/mol. The van der Waals surface area contributed by atoms with Gasteiger partial charge in [-0.3, -0.25) is 0 Å². The molecule has 0 aromatic carbocycles. The summed E-state index contributed by atoms with van der Waals surface area (Å²) < 4.78 is 0.659. The summed E-state index contributed by atoms with van der Waals surface area (Å²) in [6, 6.07) is 3.57. The molecule has 16 heavy (non-hydrogen) atoms. The molecule has 1 heterocycles. The Kier molecular flexibility index (Phi) is 3.90. The zero-order valence-electron chi connectivity index (χ0n) is 9.16. The Hall–Kier alpha value is -0.0900. The molecule has 0 saturated heterocycles. The van der Waals surface area contributed by atoms with E-state index in [2.05, 4.69) is 0 Å². The van der Waals surface area contributed by atoms with Crippen LogP contribution in [0.3, 0.4) is 0 Å². The van der Waals surface area contributed by atoms with Crippen molar-refractivity contribution in [2.45, 2.75) is 50.2 Å². The van der Waals surface area contributed by atoms with Crippen LogP contribution in [-0.4, -0.2) is 15.8 Å². The van der Waals surface area contributed by atoms with Gasteiger partial charge in [0.25, 0.3) is 0 Å². The fourth-order valence-electron chi connectivity index (χ4n) is 2.35. The van der Waals surface area contributed by atoms with Gasteiger partial charge in [-0.2, -0.15) is 0 Å². The minimum absolute atomic E-state index is 0.659. The van der Waals surface area contributed by atoms with Gasteiger partial charge in [0.1, 0.15) is 6.10 Å². The third kappa shape index (κ3) is 2.59. The Morgan fingerprint density at radius 1 is 1.19 bits per heavy atom. The summed E-state index contributed by atoms with van der Waals surface area (Å²) in [6.45, 7) is 0. The average molecular weight is 261 g/mol. The zero-order chi connectivity index (χ0) is 11.6. The topological polar surface area (TPSA) is 40.5 Å². The first-order chi connectivity index (χ1) is 7.62. The van der Waals surface area contributed by atoms with Crippen molar-refractivity contribution in [1.82, 2.24) is 0 Å². The third-order valence-electron chi connectivity index (χ3n) is 3.34. The predicted octanol–water partition coefficient (Wildman–Crippen LogP) is 3.52. The van der Waals surface area contributed by atoms with E-state index in [1.165, 1.54) is 11.3 Å². The molecule has 1 atom stereocenters. The van der Waals surface area contributed by atoms with E-state index in [9.17, 15) is 10.2 Å². The lowest BCUT2D eigenvalue weighted by molar-refractivity contribution is -0.0851. The number of halogens is 1. The fraction of sp³-hybridized carbons (Fsp3) is 0.667. The number of thiophene rings is 1. The summed E-state index contributed by atoms with van der Waals surface area (Å²) in [7, 11) is 0. The van der Waals surface area contributed by atoms with Gasteiger partial charge in [0.15, 0.2) is 0 Å². The van der Waals surface area contributed by atoms with Crippen molar-refractivity contribution in [3.8, 4) is 0 Å². The zero-order valence-corrected chi connectivity index (χ0v) is 10.7. The highest BCUT2D eigenvalue weighted by Gasteiger charge is 2.37. The molecule has 1 unspecified atom stereocenters. The molecule has 0 aliphatic heterocycles. The maximum absolute atomic E-state index is 10.5. The molecule has 0 amide bonds. The van der Waals surface area contributed by atoms with E-state index in [1.54, 1.807) is 12.1 Å². The maximum atomic E-state index is 10.5. The van der Waals surface area contributed by atoms with E-state index in [0.717, 1.165) is 30.6 Å². The monoisotopic (exact) mass is 260 g/mol. The van der Waals surface area contributed by atoms with Gasteiger partial charge in [0.05, 0.1) is 9.94 Å². The van der Waals surface area contributed by atoms with Crippen LogP contribution in [0, 0.1) is 0 Å². The summed E-state index contributed by atoms with van der Waals surface area (Å²) in [4.78, 5) is 0.773.